The number of hydrogen-bond donors (Lipinski definition) is 0. The molecule has 2 nitrogen and oxygen atoms in total. The largest absolute Gasteiger partial charge is 0.287 e. The first-order valence-corrected chi connectivity index (χ1v) is 5.11. The van der Waals surface area contributed by atoms with Gasteiger partial charge in [0, 0.05) is 6.20 Å². The number of hydrogen-bond acceptors (Lipinski definition) is 2. The zero-order chi connectivity index (χ0) is 13.3. The average molecular weight is 251 g/mol. The SMILES string of the molecule is Cc1ccnc(C(=O)c2ccc(F)c(F)c2F)c1. The van der Waals surface area contributed by atoms with Crippen LogP contribution in [0.2, 0.25) is 0 Å². The van der Waals surface area contributed by atoms with Gasteiger partial charge >= 0.3 is 0 Å². The standard InChI is InChI=1S/C13H8F3NO/c1-7-4-5-17-10(6-7)13(18)8-2-3-9(14)12(16)11(8)15/h2-6H,1H3. The molecular weight excluding hydrogens is 243 g/mol. The Kier molecular flexibility index (Phi) is 3.14. The summed E-state index contributed by atoms with van der Waals surface area (Å²) < 4.78 is 39.2. The molecule has 0 radical (unpaired) electrons. The van der Waals surface area contributed by atoms with Crippen LogP contribution < -0.4 is 0 Å². The van der Waals surface area contributed by atoms with Gasteiger partial charge in [0.05, 0.1) is 5.56 Å². The Hall–Kier alpha value is -2.17. The van der Waals surface area contributed by atoms with Gasteiger partial charge in [0.15, 0.2) is 17.5 Å². The molecule has 2 rings (SSSR count). The Morgan fingerprint density at radius 2 is 1.83 bits per heavy atom. The number of aromatic nitrogens is 1. The lowest BCUT2D eigenvalue weighted by atomic mass is 10.1. The maximum atomic E-state index is 13.4. The fourth-order valence-electron chi connectivity index (χ4n) is 1.50. The summed E-state index contributed by atoms with van der Waals surface area (Å²) >= 11 is 0. The Balaban J connectivity index is 2.50. The summed E-state index contributed by atoms with van der Waals surface area (Å²) in [6, 6.07) is 4.73. The van der Waals surface area contributed by atoms with Crippen LogP contribution in [0.15, 0.2) is 30.5 Å². The van der Waals surface area contributed by atoms with Gasteiger partial charge in [0.25, 0.3) is 0 Å². The summed E-state index contributed by atoms with van der Waals surface area (Å²) in [5, 5.41) is 0. The van der Waals surface area contributed by atoms with Gasteiger partial charge in [-0.1, -0.05) is 0 Å². The van der Waals surface area contributed by atoms with Crippen LogP contribution >= 0.6 is 0 Å². The summed E-state index contributed by atoms with van der Waals surface area (Å²) in [5.74, 6) is -5.27. The van der Waals surface area contributed by atoms with E-state index in [9.17, 15) is 18.0 Å². The molecule has 0 saturated carbocycles. The van der Waals surface area contributed by atoms with Crippen molar-refractivity contribution >= 4 is 5.78 Å². The number of benzene rings is 1. The summed E-state index contributed by atoms with van der Waals surface area (Å²) in [4.78, 5) is 15.7. The first-order valence-electron chi connectivity index (χ1n) is 5.11. The van der Waals surface area contributed by atoms with E-state index in [2.05, 4.69) is 4.98 Å². The van der Waals surface area contributed by atoms with Gasteiger partial charge in [0.1, 0.15) is 5.69 Å². The Bertz CT molecular complexity index is 626. The van der Waals surface area contributed by atoms with Crippen LogP contribution in [-0.2, 0) is 0 Å². The number of halogens is 3. The maximum absolute atomic E-state index is 13.4. The molecule has 0 bridgehead atoms. The van der Waals surface area contributed by atoms with Crippen LogP contribution in [0, 0.1) is 24.4 Å². The Labute approximate surface area is 101 Å². The van der Waals surface area contributed by atoms with Crippen molar-refractivity contribution in [3.63, 3.8) is 0 Å². The molecule has 0 saturated heterocycles. The Morgan fingerprint density at radius 3 is 2.50 bits per heavy atom. The first-order chi connectivity index (χ1) is 8.50. The van der Waals surface area contributed by atoms with Gasteiger partial charge in [-0.05, 0) is 36.8 Å². The first kappa shape index (κ1) is 12.3. The Morgan fingerprint density at radius 1 is 1.11 bits per heavy atom. The molecule has 18 heavy (non-hydrogen) atoms. The number of rotatable bonds is 2. The zero-order valence-corrected chi connectivity index (χ0v) is 9.38. The second-order valence-corrected chi connectivity index (χ2v) is 3.77. The lowest BCUT2D eigenvalue weighted by Gasteiger charge is -2.04. The van der Waals surface area contributed by atoms with Gasteiger partial charge in [-0.2, -0.15) is 0 Å². The van der Waals surface area contributed by atoms with Crippen molar-refractivity contribution < 1.29 is 18.0 Å². The molecule has 5 heteroatoms. The molecule has 1 heterocycles. The lowest BCUT2D eigenvalue weighted by molar-refractivity contribution is 0.102. The van der Waals surface area contributed by atoms with E-state index in [1.807, 2.05) is 0 Å². The number of ketones is 1. The van der Waals surface area contributed by atoms with Gasteiger partial charge in [0.2, 0.25) is 5.78 Å². The molecule has 0 unspecified atom stereocenters. The molecule has 2 aromatic rings. The minimum absolute atomic E-state index is 0.0140. The van der Waals surface area contributed by atoms with Crippen LogP contribution in [-0.4, -0.2) is 10.8 Å². The minimum Gasteiger partial charge on any atom is -0.287 e. The second-order valence-electron chi connectivity index (χ2n) is 3.77. The van der Waals surface area contributed by atoms with E-state index >= 15 is 0 Å². The number of carbonyl (C=O) groups excluding carboxylic acids is 1. The van der Waals surface area contributed by atoms with E-state index in [0.717, 1.165) is 11.6 Å². The van der Waals surface area contributed by atoms with Crippen molar-refractivity contribution in [1.82, 2.24) is 4.98 Å². The summed E-state index contributed by atoms with van der Waals surface area (Å²) in [7, 11) is 0. The van der Waals surface area contributed by atoms with Crippen molar-refractivity contribution in [2.45, 2.75) is 6.92 Å². The van der Waals surface area contributed by atoms with Crippen molar-refractivity contribution in [2.24, 2.45) is 0 Å². The van der Waals surface area contributed by atoms with E-state index < -0.39 is 28.8 Å². The van der Waals surface area contributed by atoms with Crippen LogP contribution in [0.4, 0.5) is 13.2 Å². The molecule has 1 aromatic carbocycles. The van der Waals surface area contributed by atoms with Gasteiger partial charge in [-0.25, -0.2) is 13.2 Å². The van der Waals surface area contributed by atoms with Crippen LogP contribution in [0.1, 0.15) is 21.6 Å². The van der Waals surface area contributed by atoms with Crippen molar-refractivity contribution in [3.05, 3.63) is 64.7 Å². The molecular formula is C13H8F3NO. The molecule has 0 spiro atoms. The fraction of sp³-hybridized carbons (Fsp3) is 0.0769. The van der Waals surface area contributed by atoms with Gasteiger partial charge < -0.3 is 0 Å². The highest BCUT2D eigenvalue weighted by molar-refractivity contribution is 6.07. The highest BCUT2D eigenvalue weighted by Crippen LogP contribution is 2.18. The maximum Gasteiger partial charge on any atom is 0.214 e. The predicted octanol–water partition coefficient (Wildman–Crippen LogP) is 3.04. The fourth-order valence-corrected chi connectivity index (χ4v) is 1.50. The molecule has 92 valence electrons. The molecule has 0 fully saturated rings. The highest BCUT2D eigenvalue weighted by atomic mass is 19.2. The number of carbonyl (C=O) groups is 1. The van der Waals surface area contributed by atoms with E-state index in [1.165, 1.54) is 12.3 Å². The zero-order valence-electron chi connectivity index (χ0n) is 9.38. The van der Waals surface area contributed by atoms with E-state index in [0.29, 0.717) is 6.07 Å². The lowest BCUT2D eigenvalue weighted by Crippen LogP contribution is -2.09. The van der Waals surface area contributed by atoms with E-state index in [-0.39, 0.29) is 5.69 Å². The summed E-state index contributed by atoms with van der Waals surface area (Å²) in [5.41, 5.74) is 0.211. The summed E-state index contributed by atoms with van der Waals surface area (Å²) in [6.07, 6.45) is 1.39. The molecule has 0 N–H and O–H groups in total. The quantitative estimate of drug-likeness (QED) is 0.606. The molecule has 1 aromatic heterocycles. The third kappa shape index (κ3) is 2.11. The monoisotopic (exact) mass is 251 g/mol. The molecule has 0 aliphatic carbocycles. The second kappa shape index (κ2) is 4.60. The van der Waals surface area contributed by atoms with Crippen molar-refractivity contribution in [1.29, 1.82) is 0 Å². The molecule has 0 aliphatic heterocycles. The number of nitrogens with zero attached hydrogens (tertiary/aromatic N) is 1. The van der Waals surface area contributed by atoms with Crippen LogP contribution in [0.5, 0.6) is 0 Å². The number of pyridine rings is 1. The number of aryl methyl sites for hydroxylation is 1. The van der Waals surface area contributed by atoms with Gasteiger partial charge in [-0.15, -0.1) is 0 Å². The third-order valence-corrected chi connectivity index (χ3v) is 2.43. The summed E-state index contributed by atoms with van der Waals surface area (Å²) in [6.45, 7) is 1.74. The highest BCUT2D eigenvalue weighted by Gasteiger charge is 2.20. The van der Waals surface area contributed by atoms with Crippen LogP contribution in [0.25, 0.3) is 0 Å². The van der Waals surface area contributed by atoms with E-state index in [4.69, 9.17) is 0 Å². The molecule has 0 aliphatic rings. The smallest absolute Gasteiger partial charge is 0.214 e. The van der Waals surface area contributed by atoms with Gasteiger partial charge in [-0.3, -0.25) is 9.78 Å². The third-order valence-electron chi connectivity index (χ3n) is 2.43. The topological polar surface area (TPSA) is 30.0 Å². The molecule has 0 atom stereocenters. The van der Waals surface area contributed by atoms with Crippen molar-refractivity contribution in [2.75, 3.05) is 0 Å². The minimum atomic E-state index is -1.66. The van der Waals surface area contributed by atoms with Crippen molar-refractivity contribution in [3.8, 4) is 0 Å². The average Bonchev–Trinajstić information content (AvgIpc) is 2.35. The van der Waals surface area contributed by atoms with E-state index in [1.54, 1.807) is 13.0 Å². The molecule has 0 amide bonds. The predicted molar refractivity (Wildman–Crippen MR) is 58.7 cm³/mol. The normalized spacial score (nSPS) is 10.4. The van der Waals surface area contributed by atoms with Crippen LogP contribution in [0.3, 0.4) is 0 Å².